The largest absolute Gasteiger partial charge is 0.465 e. The van der Waals surface area contributed by atoms with E-state index in [1.807, 2.05) is 20.8 Å². The van der Waals surface area contributed by atoms with E-state index in [-0.39, 0.29) is 17.6 Å². The van der Waals surface area contributed by atoms with Gasteiger partial charge in [0.2, 0.25) is 0 Å². The standard InChI is InChI=1S/C10H20N2O2/c1-10(2,3)12(9(13)14)8-5-4-7(11)6-8/h7-8H,4-6,11H2,1-3H3,(H,13,14)/t7-,8-/m0/s1. The second kappa shape index (κ2) is 3.77. The molecule has 2 atom stereocenters. The van der Waals surface area contributed by atoms with Crippen molar-refractivity contribution in [3.8, 4) is 0 Å². The Morgan fingerprint density at radius 3 is 2.29 bits per heavy atom. The number of nitrogens with two attached hydrogens (primary N) is 1. The Bertz CT molecular complexity index is 223. The van der Waals surface area contributed by atoms with E-state index in [4.69, 9.17) is 10.8 Å². The fourth-order valence-electron chi connectivity index (χ4n) is 2.22. The number of carbonyl (C=O) groups is 1. The minimum Gasteiger partial charge on any atom is -0.465 e. The lowest BCUT2D eigenvalue weighted by Crippen LogP contribution is -2.50. The van der Waals surface area contributed by atoms with Crippen LogP contribution >= 0.6 is 0 Å². The normalized spacial score (nSPS) is 27.7. The quantitative estimate of drug-likeness (QED) is 0.676. The third-order valence-electron chi connectivity index (χ3n) is 2.74. The van der Waals surface area contributed by atoms with Crippen LogP contribution in [0.3, 0.4) is 0 Å². The molecule has 82 valence electrons. The van der Waals surface area contributed by atoms with Crippen molar-refractivity contribution in [3.05, 3.63) is 0 Å². The number of amides is 1. The predicted molar refractivity (Wildman–Crippen MR) is 55.2 cm³/mol. The zero-order valence-electron chi connectivity index (χ0n) is 9.16. The average Bonchev–Trinajstić information content (AvgIpc) is 2.31. The molecular weight excluding hydrogens is 180 g/mol. The summed E-state index contributed by atoms with van der Waals surface area (Å²) >= 11 is 0. The van der Waals surface area contributed by atoms with Gasteiger partial charge in [0.25, 0.3) is 0 Å². The third kappa shape index (κ3) is 2.38. The third-order valence-corrected chi connectivity index (χ3v) is 2.74. The average molecular weight is 200 g/mol. The minimum absolute atomic E-state index is 0.0995. The highest BCUT2D eigenvalue weighted by Gasteiger charge is 2.36. The molecule has 1 aliphatic carbocycles. The van der Waals surface area contributed by atoms with Crippen LogP contribution in [-0.2, 0) is 0 Å². The van der Waals surface area contributed by atoms with Gasteiger partial charge < -0.3 is 15.7 Å². The van der Waals surface area contributed by atoms with Gasteiger partial charge in [-0.05, 0) is 40.0 Å². The van der Waals surface area contributed by atoms with Crippen molar-refractivity contribution in [1.82, 2.24) is 4.90 Å². The van der Waals surface area contributed by atoms with E-state index in [0.29, 0.717) is 0 Å². The molecule has 14 heavy (non-hydrogen) atoms. The van der Waals surface area contributed by atoms with Gasteiger partial charge in [-0.3, -0.25) is 0 Å². The van der Waals surface area contributed by atoms with E-state index in [1.54, 1.807) is 4.90 Å². The highest BCUT2D eigenvalue weighted by atomic mass is 16.4. The van der Waals surface area contributed by atoms with Gasteiger partial charge in [0.05, 0.1) is 0 Å². The summed E-state index contributed by atoms with van der Waals surface area (Å²) in [6, 6.07) is 0.270. The Morgan fingerprint density at radius 1 is 1.43 bits per heavy atom. The van der Waals surface area contributed by atoms with E-state index in [2.05, 4.69) is 0 Å². The molecule has 1 amide bonds. The summed E-state index contributed by atoms with van der Waals surface area (Å²) in [5, 5.41) is 9.14. The summed E-state index contributed by atoms with van der Waals surface area (Å²) in [7, 11) is 0. The number of rotatable bonds is 1. The molecule has 0 aromatic rings. The first-order chi connectivity index (χ1) is 6.32. The Morgan fingerprint density at radius 2 is 2.00 bits per heavy atom. The van der Waals surface area contributed by atoms with E-state index >= 15 is 0 Å². The van der Waals surface area contributed by atoms with Crippen LogP contribution in [0.2, 0.25) is 0 Å². The molecule has 0 unspecified atom stereocenters. The topological polar surface area (TPSA) is 66.6 Å². The van der Waals surface area contributed by atoms with E-state index in [0.717, 1.165) is 19.3 Å². The van der Waals surface area contributed by atoms with Crippen molar-refractivity contribution < 1.29 is 9.90 Å². The molecule has 1 fully saturated rings. The number of hydrogen-bond donors (Lipinski definition) is 2. The van der Waals surface area contributed by atoms with Crippen LogP contribution in [-0.4, -0.2) is 33.7 Å². The Hall–Kier alpha value is -0.770. The van der Waals surface area contributed by atoms with Crippen molar-refractivity contribution in [1.29, 1.82) is 0 Å². The first-order valence-electron chi connectivity index (χ1n) is 5.10. The van der Waals surface area contributed by atoms with Gasteiger partial charge >= 0.3 is 6.09 Å². The molecule has 4 heteroatoms. The van der Waals surface area contributed by atoms with Crippen LogP contribution in [0.5, 0.6) is 0 Å². The lowest BCUT2D eigenvalue weighted by Gasteiger charge is -2.38. The Balaban J connectivity index is 2.74. The van der Waals surface area contributed by atoms with Crippen molar-refractivity contribution in [3.63, 3.8) is 0 Å². The van der Waals surface area contributed by atoms with Gasteiger partial charge in [-0.1, -0.05) is 0 Å². The predicted octanol–water partition coefficient (Wildman–Crippen LogP) is 1.64. The van der Waals surface area contributed by atoms with Gasteiger partial charge in [-0.25, -0.2) is 4.79 Å². The van der Waals surface area contributed by atoms with Crippen LogP contribution in [0.1, 0.15) is 40.0 Å². The Labute approximate surface area is 85.1 Å². The van der Waals surface area contributed by atoms with Crippen LogP contribution in [0.4, 0.5) is 4.79 Å². The number of carboxylic acid groups (broad SMARTS) is 1. The first-order valence-corrected chi connectivity index (χ1v) is 5.10. The summed E-state index contributed by atoms with van der Waals surface area (Å²) in [4.78, 5) is 12.7. The zero-order chi connectivity index (χ0) is 10.9. The molecule has 0 aliphatic heterocycles. The summed E-state index contributed by atoms with van der Waals surface area (Å²) in [6.45, 7) is 5.76. The maximum absolute atomic E-state index is 11.1. The lowest BCUT2D eigenvalue weighted by atomic mass is 10.0. The van der Waals surface area contributed by atoms with Gasteiger partial charge in [0, 0.05) is 17.6 Å². The molecule has 1 saturated carbocycles. The highest BCUT2D eigenvalue weighted by Crippen LogP contribution is 2.28. The van der Waals surface area contributed by atoms with E-state index in [1.165, 1.54) is 0 Å². The fourth-order valence-corrected chi connectivity index (χ4v) is 2.22. The van der Waals surface area contributed by atoms with Crippen molar-refractivity contribution in [2.75, 3.05) is 0 Å². The first kappa shape index (κ1) is 11.3. The molecule has 0 bridgehead atoms. The van der Waals surface area contributed by atoms with Gasteiger partial charge in [-0.15, -0.1) is 0 Å². The lowest BCUT2D eigenvalue weighted by molar-refractivity contribution is 0.0716. The minimum atomic E-state index is -0.836. The highest BCUT2D eigenvalue weighted by molar-refractivity contribution is 5.66. The molecule has 3 N–H and O–H groups in total. The number of nitrogens with zero attached hydrogens (tertiary/aromatic N) is 1. The summed E-state index contributed by atoms with van der Waals surface area (Å²) < 4.78 is 0. The molecule has 0 aromatic heterocycles. The van der Waals surface area contributed by atoms with Gasteiger partial charge in [0.15, 0.2) is 0 Å². The molecule has 0 heterocycles. The number of hydrogen-bond acceptors (Lipinski definition) is 2. The second-order valence-electron chi connectivity index (χ2n) is 5.05. The maximum atomic E-state index is 11.1. The fraction of sp³-hybridized carbons (Fsp3) is 0.900. The van der Waals surface area contributed by atoms with Crippen molar-refractivity contribution in [2.45, 2.75) is 57.7 Å². The zero-order valence-corrected chi connectivity index (χ0v) is 9.16. The van der Waals surface area contributed by atoms with Crippen LogP contribution in [0.25, 0.3) is 0 Å². The Kier molecular flexibility index (Phi) is 3.04. The second-order valence-corrected chi connectivity index (χ2v) is 5.05. The van der Waals surface area contributed by atoms with E-state index < -0.39 is 6.09 Å². The molecule has 1 rings (SSSR count). The molecule has 0 saturated heterocycles. The van der Waals surface area contributed by atoms with Crippen LogP contribution in [0.15, 0.2) is 0 Å². The summed E-state index contributed by atoms with van der Waals surface area (Å²) in [5.41, 5.74) is 5.45. The molecule has 0 radical (unpaired) electrons. The summed E-state index contributed by atoms with van der Waals surface area (Å²) in [5.74, 6) is 0. The summed E-state index contributed by atoms with van der Waals surface area (Å²) in [6.07, 6.45) is 1.79. The van der Waals surface area contributed by atoms with Gasteiger partial charge in [-0.2, -0.15) is 0 Å². The monoisotopic (exact) mass is 200 g/mol. The van der Waals surface area contributed by atoms with Crippen LogP contribution in [0, 0.1) is 0 Å². The van der Waals surface area contributed by atoms with E-state index in [9.17, 15) is 4.79 Å². The molecule has 0 spiro atoms. The molecular formula is C10H20N2O2. The maximum Gasteiger partial charge on any atom is 0.407 e. The van der Waals surface area contributed by atoms with Gasteiger partial charge in [0.1, 0.15) is 0 Å². The van der Waals surface area contributed by atoms with Crippen molar-refractivity contribution >= 4 is 6.09 Å². The SMILES string of the molecule is CC(C)(C)N(C(=O)O)[C@H]1CC[C@H](N)C1. The van der Waals surface area contributed by atoms with Crippen LogP contribution < -0.4 is 5.73 Å². The smallest absolute Gasteiger partial charge is 0.407 e. The van der Waals surface area contributed by atoms with Crippen molar-refractivity contribution in [2.24, 2.45) is 5.73 Å². The molecule has 1 aliphatic rings. The molecule has 4 nitrogen and oxygen atoms in total. The molecule has 0 aromatic carbocycles.